The number of nitrogens with zero attached hydrogens (tertiary/aromatic N) is 1. The van der Waals surface area contributed by atoms with Gasteiger partial charge in [-0.2, -0.15) is 0 Å². The third-order valence-corrected chi connectivity index (χ3v) is 1.72. The Kier molecular flexibility index (Phi) is 3.61. The van der Waals surface area contributed by atoms with Gasteiger partial charge in [-0.15, -0.1) is 0 Å². The second kappa shape index (κ2) is 4.74. The van der Waals surface area contributed by atoms with Gasteiger partial charge in [0.05, 0.1) is 6.04 Å². The van der Waals surface area contributed by atoms with Crippen LogP contribution in [-0.2, 0) is 0 Å². The van der Waals surface area contributed by atoms with E-state index in [0.717, 1.165) is 5.56 Å². The van der Waals surface area contributed by atoms with E-state index in [1.807, 2.05) is 32.2 Å². The van der Waals surface area contributed by atoms with Crippen LogP contribution in [-0.4, -0.2) is 4.98 Å². The summed E-state index contributed by atoms with van der Waals surface area (Å²) >= 11 is 0. The van der Waals surface area contributed by atoms with Crippen molar-refractivity contribution in [1.82, 2.24) is 10.4 Å². The lowest BCUT2D eigenvalue weighted by Crippen LogP contribution is -2.26. The molecule has 1 atom stereocenters. The van der Waals surface area contributed by atoms with E-state index in [2.05, 4.69) is 16.5 Å². The first-order chi connectivity index (χ1) is 6.24. The Balaban J connectivity index is 2.85. The molecule has 0 fully saturated rings. The molecule has 3 nitrogen and oxygen atoms in total. The fourth-order valence-electron chi connectivity index (χ4n) is 1.13. The third-order valence-electron chi connectivity index (χ3n) is 1.72. The zero-order valence-corrected chi connectivity index (χ0v) is 7.99. The van der Waals surface area contributed by atoms with Gasteiger partial charge < -0.3 is 0 Å². The summed E-state index contributed by atoms with van der Waals surface area (Å²) in [6, 6.07) is 3.95. The van der Waals surface area contributed by atoms with Crippen LogP contribution in [0.15, 0.2) is 36.2 Å². The van der Waals surface area contributed by atoms with Crippen molar-refractivity contribution in [2.24, 2.45) is 5.84 Å². The van der Waals surface area contributed by atoms with Crippen molar-refractivity contribution in [1.29, 1.82) is 0 Å². The Bertz CT molecular complexity index is 275. The molecule has 0 radical (unpaired) electrons. The molecule has 0 aliphatic rings. The lowest BCUT2D eigenvalue weighted by molar-refractivity contribution is 0.649. The van der Waals surface area contributed by atoms with Crippen LogP contribution < -0.4 is 11.3 Å². The molecule has 1 unspecified atom stereocenters. The quantitative estimate of drug-likeness (QED) is 0.418. The average Bonchev–Trinajstić information content (AvgIpc) is 2.15. The predicted molar refractivity (Wildman–Crippen MR) is 53.7 cm³/mol. The van der Waals surface area contributed by atoms with Crippen LogP contribution >= 0.6 is 0 Å². The van der Waals surface area contributed by atoms with Gasteiger partial charge >= 0.3 is 0 Å². The highest BCUT2D eigenvalue weighted by atomic mass is 15.2. The largest absolute Gasteiger partial charge is 0.271 e. The smallest absolute Gasteiger partial charge is 0.0658 e. The van der Waals surface area contributed by atoms with Gasteiger partial charge in [-0.3, -0.25) is 10.8 Å². The van der Waals surface area contributed by atoms with Gasteiger partial charge in [0.1, 0.15) is 0 Å². The number of aromatic nitrogens is 1. The van der Waals surface area contributed by atoms with E-state index in [0.29, 0.717) is 0 Å². The number of allylic oxidation sites excluding steroid dienone is 1. The predicted octanol–water partition coefficient (Wildman–Crippen LogP) is 1.55. The number of hydrazine groups is 1. The standard InChI is InChI=1S/C10H15N3/c1-8(2)6-10(13-11)9-4-3-5-12-7-9/h3-7,10,13H,11H2,1-2H3. The molecule has 1 heterocycles. The summed E-state index contributed by atoms with van der Waals surface area (Å²) < 4.78 is 0. The van der Waals surface area contributed by atoms with E-state index in [1.54, 1.807) is 6.20 Å². The monoisotopic (exact) mass is 177 g/mol. The second-order valence-corrected chi connectivity index (χ2v) is 3.17. The SMILES string of the molecule is CC(C)=CC(NN)c1cccnc1. The van der Waals surface area contributed by atoms with Crippen LogP contribution in [0.25, 0.3) is 0 Å². The highest BCUT2D eigenvalue weighted by Gasteiger charge is 2.04. The molecule has 0 spiro atoms. The fraction of sp³-hybridized carbons (Fsp3) is 0.300. The lowest BCUT2D eigenvalue weighted by atomic mass is 10.1. The molecule has 0 aliphatic heterocycles. The molecule has 1 aromatic rings. The van der Waals surface area contributed by atoms with Crippen molar-refractivity contribution in [2.75, 3.05) is 0 Å². The van der Waals surface area contributed by atoms with Gasteiger partial charge in [0.2, 0.25) is 0 Å². The van der Waals surface area contributed by atoms with Crippen molar-refractivity contribution in [3.63, 3.8) is 0 Å². The summed E-state index contributed by atoms with van der Waals surface area (Å²) in [5.41, 5.74) is 5.04. The number of hydrogen-bond acceptors (Lipinski definition) is 3. The number of pyridine rings is 1. The molecule has 0 bridgehead atoms. The number of rotatable bonds is 3. The first-order valence-electron chi connectivity index (χ1n) is 4.25. The van der Waals surface area contributed by atoms with E-state index in [9.17, 15) is 0 Å². The van der Waals surface area contributed by atoms with Crippen molar-refractivity contribution in [3.8, 4) is 0 Å². The summed E-state index contributed by atoms with van der Waals surface area (Å²) in [5.74, 6) is 5.43. The first-order valence-corrected chi connectivity index (χ1v) is 4.25. The Hall–Kier alpha value is -1.19. The minimum absolute atomic E-state index is 0.0544. The summed E-state index contributed by atoms with van der Waals surface area (Å²) in [4.78, 5) is 4.04. The Labute approximate surface area is 78.6 Å². The maximum absolute atomic E-state index is 5.43. The zero-order valence-electron chi connectivity index (χ0n) is 7.99. The van der Waals surface area contributed by atoms with E-state index in [4.69, 9.17) is 5.84 Å². The molecule has 70 valence electrons. The minimum atomic E-state index is 0.0544. The Morgan fingerprint density at radius 3 is 2.85 bits per heavy atom. The van der Waals surface area contributed by atoms with Crippen LogP contribution in [0.5, 0.6) is 0 Å². The zero-order chi connectivity index (χ0) is 9.68. The molecule has 0 aromatic carbocycles. The van der Waals surface area contributed by atoms with Crippen LogP contribution in [0, 0.1) is 0 Å². The van der Waals surface area contributed by atoms with Crippen molar-refractivity contribution in [2.45, 2.75) is 19.9 Å². The Morgan fingerprint density at radius 2 is 2.38 bits per heavy atom. The van der Waals surface area contributed by atoms with Gasteiger partial charge in [0, 0.05) is 12.4 Å². The van der Waals surface area contributed by atoms with Crippen LogP contribution in [0.3, 0.4) is 0 Å². The average molecular weight is 177 g/mol. The van der Waals surface area contributed by atoms with Gasteiger partial charge in [0.15, 0.2) is 0 Å². The maximum atomic E-state index is 5.43. The summed E-state index contributed by atoms with van der Waals surface area (Å²) in [7, 11) is 0. The van der Waals surface area contributed by atoms with Crippen molar-refractivity contribution in [3.05, 3.63) is 41.7 Å². The fourth-order valence-corrected chi connectivity index (χ4v) is 1.13. The van der Waals surface area contributed by atoms with E-state index < -0.39 is 0 Å². The number of hydrogen-bond donors (Lipinski definition) is 2. The highest BCUT2D eigenvalue weighted by Crippen LogP contribution is 2.13. The van der Waals surface area contributed by atoms with Gasteiger partial charge in [0.25, 0.3) is 0 Å². The summed E-state index contributed by atoms with van der Waals surface area (Å²) in [6.07, 6.45) is 5.63. The van der Waals surface area contributed by atoms with Crippen LogP contribution in [0.2, 0.25) is 0 Å². The number of nitrogens with one attached hydrogen (secondary N) is 1. The number of nitrogens with two attached hydrogens (primary N) is 1. The maximum Gasteiger partial charge on any atom is 0.0658 e. The third kappa shape index (κ3) is 2.97. The van der Waals surface area contributed by atoms with Crippen LogP contribution in [0.4, 0.5) is 0 Å². The van der Waals surface area contributed by atoms with E-state index in [-0.39, 0.29) is 6.04 Å². The second-order valence-electron chi connectivity index (χ2n) is 3.17. The normalized spacial score (nSPS) is 12.2. The van der Waals surface area contributed by atoms with Crippen LogP contribution in [0.1, 0.15) is 25.5 Å². The van der Waals surface area contributed by atoms with Crippen molar-refractivity contribution < 1.29 is 0 Å². The molecule has 13 heavy (non-hydrogen) atoms. The summed E-state index contributed by atoms with van der Waals surface area (Å²) in [6.45, 7) is 4.08. The molecular formula is C10H15N3. The van der Waals surface area contributed by atoms with Crippen molar-refractivity contribution >= 4 is 0 Å². The summed E-state index contributed by atoms with van der Waals surface area (Å²) in [5, 5.41) is 0. The minimum Gasteiger partial charge on any atom is -0.271 e. The molecule has 3 N–H and O–H groups in total. The molecule has 1 rings (SSSR count). The first kappa shape index (κ1) is 9.89. The lowest BCUT2D eigenvalue weighted by Gasteiger charge is -2.11. The molecule has 0 aliphatic carbocycles. The molecule has 0 saturated heterocycles. The van der Waals surface area contributed by atoms with Gasteiger partial charge in [-0.05, 0) is 25.5 Å². The van der Waals surface area contributed by atoms with Gasteiger partial charge in [-0.25, -0.2) is 5.43 Å². The van der Waals surface area contributed by atoms with E-state index in [1.165, 1.54) is 5.57 Å². The molecule has 3 heteroatoms. The highest BCUT2D eigenvalue weighted by molar-refractivity contribution is 5.20. The topological polar surface area (TPSA) is 50.9 Å². The molecule has 1 aromatic heterocycles. The van der Waals surface area contributed by atoms with Gasteiger partial charge in [-0.1, -0.05) is 17.7 Å². The molecular weight excluding hydrogens is 162 g/mol. The molecule has 0 amide bonds. The van der Waals surface area contributed by atoms with E-state index >= 15 is 0 Å². The molecule has 0 saturated carbocycles. The Morgan fingerprint density at radius 1 is 1.62 bits per heavy atom.